The van der Waals surface area contributed by atoms with Gasteiger partial charge in [0.1, 0.15) is 22.1 Å². The molecule has 1 unspecified atom stereocenters. The minimum atomic E-state index is -0.392. The van der Waals surface area contributed by atoms with E-state index in [9.17, 15) is 9.59 Å². The van der Waals surface area contributed by atoms with Gasteiger partial charge in [0, 0.05) is 12.7 Å². The topological polar surface area (TPSA) is 88.2 Å². The largest absolute Gasteiger partial charge is 0.465 e. The molecule has 136 valence electrons. The van der Waals surface area contributed by atoms with E-state index in [1.165, 1.54) is 35.4 Å². The number of rotatable bonds is 5. The Hall–Kier alpha value is -2.23. The van der Waals surface area contributed by atoms with Gasteiger partial charge in [0.05, 0.1) is 36.5 Å². The summed E-state index contributed by atoms with van der Waals surface area (Å²) in [4.78, 5) is 29.7. The molecule has 0 saturated carbocycles. The van der Waals surface area contributed by atoms with Crippen molar-refractivity contribution in [3.8, 4) is 0 Å². The van der Waals surface area contributed by atoms with Crippen LogP contribution in [-0.4, -0.2) is 45.1 Å². The Balaban J connectivity index is 1.74. The minimum Gasteiger partial charge on any atom is -0.465 e. The van der Waals surface area contributed by atoms with Gasteiger partial charge < -0.3 is 14.0 Å². The number of hydrogen-bond donors (Lipinski definition) is 0. The van der Waals surface area contributed by atoms with Gasteiger partial charge in [0.25, 0.3) is 5.56 Å². The molecule has 3 aromatic heterocycles. The third-order valence-electron chi connectivity index (χ3n) is 4.22. The number of carbonyl (C=O) groups excluding carboxylic acids is 1. The molecular formula is C16H15ClN4O4S. The number of imidazole rings is 1. The lowest BCUT2D eigenvalue weighted by molar-refractivity contribution is -0.0590. The van der Waals surface area contributed by atoms with E-state index in [4.69, 9.17) is 21.1 Å². The summed E-state index contributed by atoms with van der Waals surface area (Å²) < 4.78 is 13.6. The first-order chi connectivity index (χ1) is 12.5. The Bertz CT molecular complexity index is 1040. The molecule has 0 aromatic carbocycles. The second-order valence-corrected chi connectivity index (χ2v) is 7.35. The first-order valence-electron chi connectivity index (χ1n) is 7.96. The van der Waals surface area contributed by atoms with Gasteiger partial charge in [0.2, 0.25) is 0 Å². The van der Waals surface area contributed by atoms with Crippen molar-refractivity contribution in [1.29, 1.82) is 0 Å². The van der Waals surface area contributed by atoms with Crippen LogP contribution in [0.2, 0.25) is 5.02 Å². The number of aromatic nitrogens is 4. The van der Waals surface area contributed by atoms with Crippen LogP contribution in [0.25, 0.3) is 10.3 Å². The number of thiophene rings is 1. The fourth-order valence-electron chi connectivity index (χ4n) is 2.78. The van der Waals surface area contributed by atoms with Gasteiger partial charge in [-0.15, -0.1) is 11.3 Å². The average Bonchev–Trinajstić information content (AvgIpc) is 3.11. The van der Waals surface area contributed by atoms with Gasteiger partial charge in [0.15, 0.2) is 0 Å². The lowest BCUT2D eigenvalue weighted by Crippen LogP contribution is -2.32. The summed E-state index contributed by atoms with van der Waals surface area (Å²) in [6, 6.07) is 3.08. The van der Waals surface area contributed by atoms with Crippen molar-refractivity contribution in [3.05, 3.63) is 44.4 Å². The quantitative estimate of drug-likeness (QED) is 0.614. The molecule has 10 heteroatoms. The van der Waals surface area contributed by atoms with E-state index in [1.54, 1.807) is 6.07 Å². The molecule has 0 bridgehead atoms. The van der Waals surface area contributed by atoms with E-state index in [-0.39, 0.29) is 18.2 Å². The van der Waals surface area contributed by atoms with Crippen LogP contribution >= 0.6 is 22.9 Å². The Kier molecular flexibility index (Phi) is 4.51. The highest BCUT2D eigenvalue weighted by molar-refractivity contribution is 7.20. The number of hydrogen-bond acceptors (Lipinski definition) is 7. The molecule has 1 atom stereocenters. The molecule has 0 spiro atoms. The molecule has 0 aliphatic carbocycles. The third-order valence-corrected chi connectivity index (χ3v) is 5.43. The lowest BCUT2D eigenvalue weighted by atomic mass is 10.2. The zero-order valence-corrected chi connectivity index (χ0v) is 15.4. The van der Waals surface area contributed by atoms with E-state index in [2.05, 4.69) is 10.1 Å². The Morgan fingerprint density at radius 2 is 2.31 bits per heavy atom. The van der Waals surface area contributed by atoms with Gasteiger partial charge in [-0.1, -0.05) is 11.6 Å². The normalized spacial score (nSPS) is 16.6. The number of fused-ring (bicyclic) bond motifs is 1. The van der Waals surface area contributed by atoms with Crippen molar-refractivity contribution in [2.45, 2.75) is 25.6 Å². The number of ether oxygens (including phenoxy) is 2. The summed E-state index contributed by atoms with van der Waals surface area (Å²) in [7, 11) is 1.35. The van der Waals surface area contributed by atoms with E-state index in [0.717, 1.165) is 18.5 Å². The molecule has 4 heterocycles. The molecule has 1 saturated heterocycles. The van der Waals surface area contributed by atoms with Crippen LogP contribution in [0.4, 0.5) is 0 Å². The number of esters is 1. The molecule has 8 nitrogen and oxygen atoms in total. The van der Waals surface area contributed by atoms with E-state index >= 15 is 0 Å². The second-order valence-electron chi connectivity index (χ2n) is 5.88. The lowest BCUT2D eigenvalue weighted by Gasteiger charge is -2.27. The van der Waals surface area contributed by atoms with Crippen molar-refractivity contribution in [2.75, 3.05) is 13.7 Å². The monoisotopic (exact) mass is 394 g/mol. The van der Waals surface area contributed by atoms with Gasteiger partial charge in [-0.2, -0.15) is 5.10 Å². The zero-order valence-electron chi connectivity index (χ0n) is 13.8. The van der Waals surface area contributed by atoms with Crippen LogP contribution in [0, 0.1) is 0 Å². The molecule has 26 heavy (non-hydrogen) atoms. The Labute approximate surface area is 156 Å². The van der Waals surface area contributed by atoms with Crippen molar-refractivity contribution in [2.24, 2.45) is 0 Å². The summed E-state index contributed by atoms with van der Waals surface area (Å²) in [6.07, 6.45) is 2.48. The van der Waals surface area contributed by atoms with Gasteiger partial charge in [-0.05, 0) is 12.5 Å². The Morgan fingerprint density at radius 1 is 1.50 bits per heavy atom. The maximum atomic E-state index is 12.1. The Morgan fingerprint density at radius 3 is 2.96 bits per heavy atom. The minimum absolute atomic E-state index is 0.0996. The number of halogens is 1. The average molecular weight is 395 g/mol. The third kappa shape index (κ3) is 3.13. The standard InChI is InChI=1S/C16H15ClN4O4S/c1-24-16(23)12-5-11-15(26-12)19-13(20(11)7-10-2-3-25-10)8-21-14(22)4-9(17)6-18-21/h4-6,10H,2-3,7-8H2,1H3. The van der Waals surface area contributed by atoms with E-state index in [1.807, 2.05) is 4.57 Å². The van der Waals surface area contributed by atoms with Crippen molar-refractivity contribution < 1.29 is 14.3 Å². The number of methoxy groups -OCH3 is 1. The van der Waals surface area contributed by atoms with Crippen LogP contribution in [0.5, 0.6) is 0 Å². The predicted molar refractivity (Wildman–Crippen MR) is 95.9 cm³/mol. The van der Waals surface area contributed by atoms with Crippen LogP contribution in [0.1, 0.15) is 21.9 Å². The number of nitrogens with zero attached hydrogens (tertiary/aromatic N) is 4. The molecule has 1 aliphatic rings. The summed E-state index contributed by atoms with van der Waals surface area (Å²) in [6.45, 7) is 1.55. The summed E-state index contributed by atoms with van der Waals surface area (Å²) >= 11 is 7.06. The SMILES string of the molecule is COC(=O)c1cc2c(nc(Cn3ncc(Cl)cc3=O)n2CC2CCO2)s1. The van der Waals surface area contributed by atoms with Crippen molar-refractivity contribution >= 4 is 39.3 Å². The molecule has 0 radical (unpaired) electrons. The van der Waals surface area contributed by atoms with E-state index in [0.29, 0.717) is 27.1 Å². The van der Waals surface area contributed by atoms with Crippen LogP contribution in [-0.2, 0) is 22.6 Å². The summed E-state index contributed by atoms with van der Waals surface area (Å²) in [5, 5.41) is 4.35. The molecule has 4 rings (SSSR count). The molecule has 0 amide bonds. The van der Waals surface area contributed by atoms with Gasteiger partial charge in [-0.25, -0.2) is 14.5 Å². The maximum Gasteiger partial charge on any atom is 0.348 e. The second kappa shape index (κ2) is 6.82. The molecule has 0 N–H and O–H groups in total. The first kappa shape index (κ1) is 17.2. The summed E-state index contributed by atoms with van der Waals surface area (Å²) in [5.74, 6) is 0.284. The van der Waals surface area contributed by atoms with Crippen LogP contribution in [0.15, 0.2) is 23.1 Å². The van der Waals surface area contributed by atoms with E-state index < -0.39 is 5.97 Å². The molecule has 1 aliphatic heterocycles. The molecule has 3 aromatic rings. The van der Waals surface area contributed by atoms with Crippen LogP contribution < -0.4 is 5.56 Å². The summed E-state index contributed by atoms with van der Waals surface area (Å²) in [5.41, 5.74) is 0.522. The van der Waals surface area contributed by atoms with Crippen molar-refractivity contribution in [1.82, 2.24) is 19.3 Å². The zero-order chi connectivity index (χ0) is 18.3. The maximum absolute atomic E-state index is 12.1. The number of carbonyl (C=O) groups is 1. The van der Waals surface area contributed by atoms with Crippen molar-refractivity contribution in [3.63, 3.8) is 0 Å². The first-order valence-corrected chi connectivity index (χ1v) is 9.16. The smallest absolute Gasteiger partial charge is 0.348 e. The fourth-order valence-corrected chi connectivity index (χ4v) is 3.89. The predicted octanol–water partition coefficient (Wildman–Crippen LogP) is 1.93. The highest BCUT2D eigenvalue weighted by Crippen LogP contribution is 2.28. The molecule has 1 fully saturated rings. The van der Waals surface area contributed by atoms with Gasteiger partial charge >= 0.3 is 5.97 Å². The van der Waals surface area contributed by atoms with Gasteiger partial charge in [-0.3, -0.25) is 4.79 Å². The highest BCUT2D eigenvalue weighted by atomic mass is 35.5. The van der Waals surface area contributed by atoms with Crippen LogP contribution in [0.3, 0.4) is 0 Å². The highest BCUT2D eigenvalue weighted by Gasteiger charge is 2.24. The molecular weight excluding hydrogens is 380 g/mol. The fraction of sp³-hybridized carbons (Fsp3) is 0.375.